The van der Waals surface area contributed by atoms with Gasteiger partial charge in [-0.2, -0.15) is 5.10 Å². The van der Waals surface area contributed by atoms with E-state index in [9.17, 15) is 8.78 Å². The molecule has 0 atom stereocenters. The molecule has 8 heteroatoms. The molecule has 3 N–H and O–H groups in total. The van der Waals surface area contributed by atoms with Crippen molar-refractivity contribution in [2.45, 2.75) is 19.3 Å². The summed E-state index contributed by atoms with van der Waals surface area (Å²) >= 11 is 0. The summed E-state index contributed by atoms with van der Waals surface area (Å²) in [6, 6.07) is 9.33. The molecule has 1 aliphatic heterocycles. The Balaban J connectivity index is 1.42. The third-order valence-electron chi connectivity index (χ3n) is 5.71. The molecule has 2 aromatic heterocycles. The lowest BCUT2D eigenvalue weighted by Crippen LogP contribution is -2.28. The van der Waals surface area contributed by atoms with Gasteiger partial charge in [0.25, 0.3) is 0 Å². The Labute approximate surface area is 177 Å². The normalized spacial score (nSPS) is 15.3. The third-order valence-corrected chi connectivity index (χ3v) is 5.71. The molecule has 0 spiro atoms. The summed E-state index contributed by atoms with van der Waals surface area (Å²) in [4.78, 5) is 3.19. The number of rotatable bonds is 5. The van der Waals surface area contributed by atoms with E-state index in [2.05, 4.69) is 30.7 Å². The first kappa shape index (κ1) is 19.6. The van der Waals surface area contributed by atoms with Gasteiger partial charge in [0.15, 0.2) is 5.82 Å². The highest BCUT2D eigenvalue weighted by molar-refractivity contribution is 5.92. The molecule has 0 aliphatic carbocycles. The van der Waals surface area contributed by atoms with Crippen LogP contribution in [0.2, 0.25) is 0 Å². The molecular formula is C23H22F2N6. The number of piperidine rings is 1. The average Bonchev–Trinajstić information content (AvgIpc) is 3.40. The van der Waals surface area contributed by atoms with Crippen LogP contribution < -0.4 is 5.32 Å². The number of nitrogens with one attached hydrogen (secondary N) is 3. The van der Waals surface area contributed by atoms with Gasteiger partial charge in [-0.25, -0.2) is 8.78 Å². The number of nitrogens with zero attached hydrogens (tertiary/aromatic N) is 3. The van der Waals surface area contributed by atoms with Gasteiger partial charge in [0.05, 0.1) is 16.8 Å². The Bertz CT molecular complexity index is 1220. The van der Waals surface area contributed by atoms with Crippen LogP contribution in [-0.4, -0.2) is 38.5 Å². The minimum Gasteiger partial charge on any atom is -0.325 e. The molecule has 1 aliphatic rings. The second-order valence-corrected chi connectivity index (χ2v) is 7.89. The van der Waals surface area contributed by atoms with E-state index in [1.165, 1.54) is 18.2 Å². The van der Waals surface area contributed by atoms with Crippen molar-refractivity contribution in [1.29, 1.82) is 0 Å². The molecule has 2 aromatic carbocycles. The van der Waals surface area contributed by atoms with E-state index in [4.69, 9.17) is 0 Å². The van der Waals surface area contributed by atoms with E-state index < -0.39 is 5.82 Å². The second kappa shape index (κ2) is 8.39. The van der Waals surface area contributed by atoms with Crippen LogP contribution in [0.15, 0.2) is 36.4 Å². The summed E-state index contributed by atoms with van der Waals surface area (Å²) < 4.78 is 27.9. The number of halogens is 2. The maximum absolute atomic E-state index is 14.8. The molecule has 1 fully saturated rings. The molecule has 158 valence electrons. The topological polar surface area (TPSA) is 82.3 Å². The first-order chi connectivity index (χ1) is 15.2. The predicted octanol–water partition coefficient (Wildman–Crippen LogP) is 4.34. The summed E-state index contributed by atoms with van der Waals surface area (Å²) in [5.41, 5.74) is 2.46. The van der Waals surface area contributed by atoms with Crippen molar-refractivity contribution < 1.29 is 8.78 Å². The molecule has 0 saturated carbocycles. The van der Waals surface area contributed by atoms with Gasteiger partial charge in [0, 0.05) is 17.9 Å². The Hall–Kier alpha value is -3.39. The lowest BCUT2D eigenvalue weighted by molar-refractivity contribution is 0.367. The van der Waals surface area contributed by atoms with Gasteiger partial charge in [-0.1, -0.05) is 18.2 Å². The fourth-order valence-corrected chi connectivity index (χ4v) is 3.99. The van der Waals surface area contributed by atoms with Crippen molar-refractivity contribution in [3.05, 3.63) is 65.1 Å². The first-order valence-electron chi connectivity index (χ1n) is 10.4. The number of aromatic amines is 2. The van der Waals surface area contributed by atoms with Gasteiger partial charge in [-0.3, -0.25) is 5.10 Å². The van der Waals surface area contributed by atoms with Crippen LogP contribution in [0.4, 0.5) is 8.78 Å². The maximum atomic E-state index is 14.8. The van der Waals surface area contributed by atoms with Crippen molar-refractivity contribution in [2.24, 2.45) is 5.92 Å². The summed E-state index contributed by atoms with van der Waals surface area (Å²) in [5, 5.41) is 19.7. The van der Waals surface area contributed by atoms with Crippen molar-refractivity contribution in [1.82, 2.24) is 30.7 Å². The minimum atomic E-state index is -0.394. The summed E-state index contributed by atoms with van der Waals surface area (Å²) in [6.45, 7) is 2.04. The smallest absolute Gasteiger partial charge is 0.164 e. The largest absolute Gasteiger partial charge is 0.325 e. The standard InChI is InChI=1S/C23H22F2N6/c24-16-4-1-14(2-5-16)3-6-20-18-12-17(19(25)13-21(18)29-28-20)23-27-22(30-31-23)11-15-7-9-26-10-8-15/h1-6,12-13,15,26H,7-11H2,(H,28,29)(H,27,30,31). The summed E-state index contributed by atoms with van der Waals surface area (Å²) in [7, 11) is 0. The number of hydrogen-bond acceptors (Lipinski definition) is 4. The third kappa shape index (κ3) is 4.25. The van der Waals surface area contributed by atoms with E-state index in [-0.39, 0.29) is 5.82 Å². The zero-order valence-electron chi connectivity index (χ0n) is 16.8. The van der Waals surface area contributed by atoms with Crippen molar-refractivity contribution in [3.63, 3.8) is 0 Å². The first-order valence-corrected chi connectivity index (χ1v) is 10.4. The van der Waals surface area contributed by atoms with Gasteiger partial charge in [-0.05, 0) is 61.7 Å². The predicted molar refractivity (Wildman–Crippen MR) is 116 cm³/mol. The molecule has 0 radical (unpaired) electrons. The Morgan fingerprint density at radius 1 is 1.00 bits per heavy atom. The molecule has 31 heavy (non-hydrogen) atoms. The van der Waals surface area contributed by atoms with Crippen molar-refractivity contribution in [2.75, 3.05) is 13.1 Å². The van der Waals surface area contributed by atoms with Crippen LogP contribution in [0.1, 0.15) is 29.9 Å². The molecular weight excluding hydrogens is 398 g/mol. The molecule has 1 saturated heterocycles. The zero-order valence-corrected chi connectivity index (χ0v) is 16.8. The van der Waals surface area contributed by atoms with Crippen LogP contribution in [0, 0.1) is 17.6 Å². The van der Waals surface area contributed by atoms with Crippen molar-refractivity contribution >= 4 is 23.1 Å². The van der Waals surface area contributed by atoms with Crippen molar-refractivity contribution in [3.8, 4) is 11.4 Å². The van der Waals surface area contributed by atoms with E-state index >= 15 is 0 Å². The van der Waals surface area contributed by atoms with Crippen LogP contribution in [-0.2, 0) is 6.42 Å². The molecule has 0 amide bonds. The highest BCUT2D eigenvalue weighted by Crippen LogP contribution is 2.28. The fourth-order valence-electron chi connectivity index (χ4n) is 3.99. The summed E-state index contributed by atoms with van der Waals surface area (Å²) in [5.74, 6) is 1.08. The summed E-state index contributed by atoms with van der Waals surface area (Å²) in [6.07, 6.45) is 6.68. The van der Waals surface area contributed by atoms with Crippen LogP contribution in [0.3, 0.4) is 0 Å². The van der Waals surface area contributed by atoms with Crippen LogP contribution >= 0.6 is 0 Å². The Kier molecular flexibility index (Phi) is 5.30. The monoisotopic (exact) mass is 420 g/mol. The lowest BCUT2D eigenvalue weighted by atomic mass is 9.94. The van der Waals surface area contributed by atoms with E-state index in [1.54, 1.807) is 18.2 Å². The number of aromatic nitrogens is 5. The van der Waals surface area contributed by atoms with Crippen LogP contribution in [0.5, 0.6) is 0 Å². The molecule has 6 nitrogen and oxygen atoms in total. The second-order valence-electron chi connectivity index (χ2n) is 7.89. The quantitative estimate of drug-likeness (QED) is 0.449. The molecule has 3 heterocycles. The van der Waals surface area contributed by atoms with E-state index in [1.807, 2.05) is 12.2 Å². The highest BCUT2D eigenvalue weighted by atomic mass is 19.1. The van der Waals surface area contributed by atoms with E-state index in [0.717, 1.165) is 49.1 Å². The SMILES string of the molecule is Fc1ccc(C=Cc2n[nH]c3cc(F)c(-c4nnc(CC5CCNCC5)[nH]4)cc23)cc1. The van der Waals surface area contributed by atoms with Gasteiger partial charge in [-0.15, -0.1) is 10.2 Å². The zero-order chi connectivity index (χ0) is 21.2. The van der Waals surface area contributed by atoms with Gasteiger partial charge in [0.2, 0.25) is 0 Å². The molecule has 5 rings (SSSR count). The Morgan fingerprint density at radius 3 is 2.61 bits per heavy atom. The number of benzene rings is 2. The van der Waals surface area contributed by atoms with Gasteiger partial charge in [0.1, 0.15) is 17.5 Å². The number of H-pyrrole nitrogens is 2. The van der Waals surface area contributed by atoms with E-state index in [0.29, 0.717) is 28.5 Å². The minimum absolute atomic E-state index is 0.283. The highest BCUT2D eigenvalue weighted by Gasteiger charge is 2.18. The average molecular weight is 420 g/mol. The maximum Gasteiger partial charge on any atom is 0.164 e. The van der Waals surface area contributed by atoms with Crippen LogP contribution in [0.25, 0.3) is 34.4 Å². The molecule has 0 bridgehead atoms. The molecule has 0 unspecified atom stereocenters. The Morgan fingerprint density at radius 2 is 1.81 bits per heavy atom. The lowest BCUT2D eigenvalue weighted by Gasteiger charge is -2.21. The molecule has 4 aromatic rings. The van der Waals surface area contributed by atoms with Gasteiger partial charge < -0.3 is 10.3 Å². The number of hydrogen-bond donors (Lipinski definition) is 3. The van der Waals surface area contributed by atoms with Gasteiger partial charge >= 0.3 is 0 Å². The number of fused-ring (bicyclic) bond motifs is 1. The fraction of sp³-hybridized carbons (Fsp3) is 0.261.